The Labute approximate surface area is 54.3 Å². The number of nitrogens with zero attached hydrogens (tertiary/aromatic N) is 1. The smallest absolute Gasteiger partial charge is 0.155 e. The predicted molar refractivity (Wildman–Crippen MR) is 33.7 cm³/mol. The molecule has 2 atom stereocenters. The minimum absolute atomic E-state index is 0.0995. The van der Waals surface area contributed by atoms with Crippen LogP contribution in [0.15, 0.2) is 5.34 Å². The summed E-state index contributed by atoms with van der Waals surface area (Å²) in [6.07, 6.45) is 3.43. The van der Waals surface area contributed by atoms with Gasteiger partial charge >= 0.3 is 0 Å². The molecule has 0 aromatic carbocycles. The van der Waals surface area contributed by atoms with Gasteiger partial charge in [0.05, 0.1) is 0 Å². The fraction of sp³-hybridized carbons (Fsp3) is 1.00. The van der Waals surface area contributed by atoms with Crippen molar-refractivity contribution in [3.05, 3.63) is 4.91 Å². The maximum absolute atomic E-state index is 9.63. The van der Waals surface area contributed by atoms with E-state index in [1.807, 2.05) is 0 Å². The quantitative estimate of drug-likeness (QED) is 0.421. The van der Waals surface area contributed by atoms with Crippen molar-refractivity contribution in [2.75, 3.05) is 0 Å². The van der Waals surface area contributed by atoms with E-state index in [4.69, 9.17) is 0 Å². The van der Waals surface area contributed by atoms with Gasteiger partial charge in [-0.3, -0.25) is 0 Å². The molecule has 3 heteroatoms. The molecule has 2 unspecified atom stereocenters. The second-order valence-corrected chi connectivity index (χ2v) is 2.63. The highest BCUT2D eigenvalue weighted by molar-refractivity contribution is 4.73. The van der Waals surface area contributed by atoms with Crippen molar-refractivity contribution in [3.8, 4) is 0 Å². The van der Waals surface area contributed by atoms with E-state index in [9.17, 15) is 4.91 Å². The third kappa shape index (κ3) is 1.40. The molecule has 0 saturated heterocycles. The van der Waals surface area contributed by atoms with Crippen LogP contribution in [0.25, 0.3) is 0 Å². The summed E-state index contributed by atoms with van der Waals surface area (Å²) in [6.45, 7) is 2.09. The number of hydrogen-bond acceptors (Lipinski definition) is 3. The summed E-state index contributed by atoms with van der Waals surface area (Å²) in [5, 5.41) is 2.42. The molecule has 3 nitrogen and oxygen atoms in total. The molecule has 9 heavy (non-hydrogen) atoms. The first kappa shape index (κ1) is 6.52. The molecule has 0 bridgehead atoms. The maximum atomic E-state index is 9.63. The lowest BCUT2D eigenvalue weighted by Gasteiger charge is -2.08. The van der Waals surface area contributed by atoms with E-state index in [-0.39, 0.29) is 6.10 Å². The Hall–Kier alpha value is -0.600. The maximum Gasteiger partial charge on any atom is 0.155 e. The van der Waals surface area contributed by atoms with E-state index in [2.05, 4.69) is 17.1 Å². The van der Waals surface area contributed by atoms with Crippen molar-refractivity contribution in [3.63, 3.8) is 0 Å². The summed E-state index contributed by atoms with van der Waals surface area (Å²) in [5.74, 6) is 0.516. The molecular weight excluding hydrogens is 118 g/mol. The summed E-state index contributed by atoms with van der Waals surface area (Å²) in [7, 11) is 0. The molecule has 1 fully saturated rings. The van der Waals surface area contributed by atoms with Gasteiger partial charge in [0, 0.05) is 0 Å². The molecule has 0 amide bonds. The zero-order valence-corrected chi connectivity index (χ0v) is 5.54. The fourth-order valence-corrected chi connectivity index (χ4v) is 1.32. The van der Waals surface area contributed by atoms with Gasteiger partial charge in [0.2, 0.25) is 0 Å². The molecule has 0 heterocycles. The highest BCUT2D eigenvalue weighted by atomic mass is 16.7. The van der Waals surface area contributed by atoms with Gasteiger partial charge < -0.3 is 4.84 Å². The summed E-state index contributed by atoms with van der Waals surface area (Å²) in [6, 6.07) is 0. The van der Waals surface area contributed by atoms with Crippen LogP contribution in [0.4, 0.5) is 0 Å². The second kappa shape index (κ2) is 2.80. The molecule has 0 aromatic rings. The van der Waals surface area contributed by atoms with E-state index in [0.29, 0.717) is 5.92 Å². The molecule has 1 aliphatic carbocycles. The first-order valence-electron chi connectivity index (χ1n) is 3.33. The molecule has 0 radical (unpaired) electrons. The van der Waals surface area contributed by atoms with E-state index < -0.39 is 0 Å². The normalized spacial score (nSPS) is 34.3. The molecule has 0 spiro atoms. The van der Waals surface area contributed by atoms with Gasteiger partial charge in [-0.15, -0.1) is 4.91 Å². The van der Waals surface area contributed by atoms with Crippen LogP contribution >= 0.6 is 0 Å². The Kier molecular flexibility index (Phi) is 2.03. The molecule has 0 aliphatic heterocycles. The lowest BCUT2D eigenvalue weighted by molar-refractivity contribution is 0.0341. The molecule has 1 aliphatic rings. The molecular formula is C6H11NO2. The summed E-state index contributed by atoms with van der Waals surface area (Å²) in [5.41, 5.74) is 0. The van der Waals surface area contributed by atoms with E-state index in [1.54, 1.807) is 0 Å². The fourth-order valence-electron chi connectivity index (χ4n) is 1.32. The van der Waals surface area contributed by atoms with Crippen molar-refractivity contribution < 1.29 is 4.84 Å². The summed E-state index contributed by atoms with van der Waals surface area (Å²) in [4.78, 5) is 14.2. The molecule has 0 N–H and O–H groups in total. The average Bonchev–Trinajstić information content (AvgIpc) is 2.18. The van der Waals surface area contributed by atoms with Crippen LogP contribution in [0, 0.1) is 10.8 Å². The van der Waals surface area contributed by atoms with Crippen molar-refractivity contribution in [2.45, 2.75) is 32.3 Å². The third-order valence-electron chi connectivity index (χ3n) is 1.96. The van der Waals surface area contributed by atoms with Crippen LogP contribution in [0.5, 0.6) is 0 Å². The Bertz CT molecular complexity index is 105. The topological polar surface area (TPSA) is 38.7 Å². The van der Waals surface area contributed by atoms with Crippen LogP contribution in [0.1, 0.15) is 26.2 Å². The SMILES string of the molecule is CC1CCCC1ON=O. The first-order chi connectivity index (χ1) is 4.34. The predicted octanol–water partition coefficient (Wildman–Crippen LogP) is 1.87. The largest absolute Gasteiger partial charge is 0.360 e. The summed E-state index contributed by atoms with van der Waals surface area (Å²) < 4.78 is 0. The molecule has 1 saturated carbocycles. The van der Waals surface area contributed by atoms with Crippen LogP contribution < -0.4 is 0 Å². The van der Waals surface area contributed by atoms with Crippen molar-refractivity contribution in [2.24, 2.45) is 11.3 Å². The lowest BCUT2D eigenvalue weighted by Crippen LogP contribution is -2.11. The Balaban J connectivity index is 2.30. The van der Waals surface area contributed by atoms with Gasteiger partial charge in [0.15, 0.2) is 5.34 Å². The van der Waals surface area contributed by atoms with Gasteiger partial charge in [-0.05, 0) is 25.2 Å². The Morgan fingerprint density at radius 2 is 2.33 bits per heavy atom. The molecule has 1 rings (SSSR count). The van der Waals surface area contributed by atoms with E-state index >= 15 is 0 Å². The molecule has 52 valence electrons. The zero-order valence-electron chi connectivity index (χ0n) is 5.54. The Morgan fingerprint density at radius 3 is 2.78 bits per heavy atom. The van der Waals surface area contributed by atoms with Crippen LogP contribution in [0.2, 0.25) is 0 Å². The minimum Gasteiger partial charge on any atom is -0.360 e. The molecule has 0 aromatic heterocycles. The van der Waals surface area contributed by atoms with Crippen molar-refractivity contribution in [1.82, 2.24) is 0 Å². The first-order valence-corrected chi connectivity index (χ1v) is 3.33. The number of hydrogen-bond donors (Lipinski definition) is 0. The van der Waals surface area contributed by atoms with Gasteiger partial charge in [-0.25, -0.2) is 0 Å². The monoisotopic (exact) mass is 129 g/mol. The second-order valence-electron chi connectivity index (χ2n) is 2.63. The van der Waals surface area contributed by atoms with Gasteiger partial charge in [0.25, 0.3) is 0 Å². The average molecular weight is 129 g/mol. The Morgan fingerprint density at radius 1 is 1.56 bits per heavy atom. The summed E-state index contributed by atoms with van der Waals surface area (Å²) >= 11 is 0. The van der Waals surface area contributed by atoms with Crippen LogP contribution in [-0.4, -0.2) is 6.10 Å². The van der Waals surface area contributed by atoms with Gasteiger partial charge in [-0.1, -0.05) is 6.92 Å². The highest BCUT2D eigenvalue weighted by Crippen LogP contribution is 2.27. The van der Waals surface area contributed by atoms with Crippen molar-refractivity contribution in [1.29, 1.82) is 0 Å². The standard InChI is InChI=1S/C6H11NO2/c1-5-3-2-4-6(5)9-7-8/h5-6H,2-4H2,1H3. The van der Waals surface area contributed by atoms with Gasteiger partial charge in [0.1, 0.15) is 6.10 Å². The highest BCUT2D eigenvalue weighted by Gasteiger charge is 2.25. The van der Waals surface area contributed by atoms with E-state index in [0.717, 1.165) is 6.42 Å². The van der Waals surface area contributed by atoms with Crippen molar-refractivity contribution >= 4 is 0 Å². The number of rotatable bonds is 2. The van der Waals surface area contributed by atoms with Gasteiger partial charge in [-0.2, -0.15) is 0 Å². The third-order valence-corrected chi connectivity index (χ3v) is 1.96. The lowest BCUT2D eigenvalue weighted by atomic mass is 10.1. The zero-order chi connectivity index (χ0) is 6.69. The van der Waals surface area contributed by atoms with E-state index in [1.165, 1.54) is 12.8 Å². The van der Waals surface area contributed by atoms with Crippen LogP contribution in [0.3, 0.4) is 0 Å². The van der Waals surface area contributed by atoms with Crippen LogP contribution in [-0.2, 0) is 4.84 Å². The minimum atomic E-state index is 0.0995.